The molecule has 162 valence electrons. The molecule has 0 aliphatic carbocycles. The van der Waals surface area contributed by atoms with Crippen molar-refractivity contribution >= 4 is 15.8 Å². The molecule has 7 heteroatoms. The topological polar surface area (TPSA) is 73.8 Å². The van der Waals surface area contributed by atoms with Crippen LogP contribution < -0.4 is 10.6 Å². The molecule has 0 amide bonds. The molecule has 0 atom stereocenters. The van der Waals surface area contributed by atoms with Crippen molar-refractivity contribution in [2.75, 3.05) is 32.9 Å². The van der Waals surface area contributed by atoms with Gasteiger partial charge in [-0.05, 0) is 42.5 Å². The molecule has 0 saturated carbocycles. The van der Waals surface area contributed by atoms with E-state index in [1.54, 1.807) is 19.2 Å². The van der Waals surface area contributed by atoms with Crippen LogP contribution in [0.15, 0.2) is 64.5 Å². The number of piperidine rings is 1. The molecule has 30 heavy (non-hydrogen) atoms. The predicted molar refractivity (Wildman–Crippen MR) is 122 cm³/mol. The second-order valence-electron chi connectivity index (χ2n) is 7.85. The molecular formula is C23H32N4O2S. The number of rotatable bonds is 7. The summed E-state index contributed by atoms with van der Waals surface area (Å²) in [5, 5.41) is 6.91. The van der Waals surface area contributed by atoms with Crippen LogP contribution in [-0.2, 0) is 22.8 Å². The van der Waals surface area contributed by atoms with Crippen LogP contribution in [0.5, 0.6) is 0 Å². The first-order chi connectivity index (χ1) is 14.4. The zero-order valence-corrected chi connectivity index (χ0v) is 18.7. The van der Waals surface area contributed by atoms with Crippen LogP contribution in [0.4, 0.5) is 0 Å². The highest BCUT2D eigenvalue weighted by molar-refractivity contribution is 7.90. The maximum atomic E-state index is 11.5. The molecule has 2 aromatic rings. The average Bonchev–Trinajstić information content (AvgIpc) is 2.75. The van der Waals surface area contributed by atoms with E-state index in [-0.39, 0.29) is 0 Å². The number of guanidine groups is 1. The van der Waals surface area contributed by atoms with Crippen molar-refractivity contribution in [2.45, 2.75) is 36.7 Å². The van der Waals surface area contributed by atoms with E-state index < -0.39 is 9.84 Å². The fourth-order valence-corrected chi connectivity index (χ4v) is 4.32. The maximum absolute atomic E-state index is 11.5. The number of nitrogens with zero attached hydrogens (tertiary/aromatic N) is 2. The first kappa shape index (κ1) is 22.3. The van der Waals surface area contributed by atoms with E-state index in [1.165, 1.54) is 11.8 Å². The van der Waals surface area contributed by atoms with Gasteiger partial charge in [0.05, 0.1) is 4.90 Å². The van der Waals surface area contributed by atoms with Crippen LogP contribution in [-0.4, -0.2) is 58.3 Å². The summed E-state index contributed by atoms with van der Waals surface area (Å²) in [7, 11) is -1.35. The maximum Gasteiger partial charge on any atom is 0.191 e. The van der Waals surface area contributed by atoms with Gasteiger partial charge in [-0.1, -0.05) is 42.5 Å². The lowest BCUT2D eigenvalue weighted by atomic mass is 10.0. The van der Waals surface area contributed by atoms with E-state index in [9.17, 15) is 8.42 Å². The minimum atomic E-state index is -3.14. The molecule has 1 heterocycles. The second kappa shape index (κ2) is 10.6. The fraction of sp³-hybridized carbons (Fsp3) is 0.435. The van der Waals surface area contributed by atoms with Crippen molar-refractivity contribution in [2.24, 2.45) is 4.99 Å². The molecule has 1 aliphatic rings. The van der Waals surface area contributed by atoms with Gasteiger partial charge in [-0.25, -0.2) is 8.42 Å². The molecule has 6 nitrogen and oxygen atoms in total. The van der Waals surface area contributed by atoms with Crippen LogP contribution in [0.1, 0.15) is 24.0 Å². The molecule has 0 aromatic heterocycles. The minimum Gasteiger partial charge on any atom is -0.356 e. The van der Waals surface area contributed by atoms with E-state index in [4.69, 9.17) is 0 Å². The Morgan fingerprint density at radius 1 is 1.03 bits per heavy atom. The number of likely N-dealkylation sites (tertiary alicyclic amines) is 1. The first-order valence-electron chi connectivity index (χ1n) is 10.5. The highest BCUT2D eigenvalue weighted by Gasteiger charge is 2.20. The van der Waals surface area contributed by atoms with E-state index in [0.29, 0.717) is 10.9 Å². The van der Waals surface area contributed by atoms with Crippen molar-refractivity contribution in [3.63, 3.8) is 0 Å². The molecule has 2 aromatic carbocycles. The van der Waals surface area contributed by atoms with Gasteiger partial charge in [-0.3, -0.25) is 9.89 Å². The van der Waals surface area contributed by atoms with E-state index in [0.717, 1.165) is 57.0 Å². The summed E-state index contributed by atoms with van der Waals surface area (Å²) in [5.74, 6) is 0.823. The smallest absolute Gasteiger partial charge is 0.191 e. The summed E-state index contributed by atoms with van der Waals surface area (Å²) in [4.78, 5) is 7.21. The highest BCUT2D eigenvalue weighted by atomic mass is 32.2. The van der Waals surface area contributed by atoms with Crippen LogP contribution in [0.25, 0.3) is 0 Å². The first-order valence-corrected chi connectivity index (χ1v) is 12.4. The number of hydrogen-bond acceptors (Lipinski definition) is 4. The Hall–Kier alpha value is -2.38. The van der Waals surface area contributed by atoms with Crippen molar-refractivity contribution in [1.29, 1.82) is 0 Å². The number of hydrogen-bond donors (Lipinski definition) is 2. The monoisotopic (exact) mass is 428 g/mol. The predicted octanol–water partition coefficient (Wildman–Crippen LogP) is 2.46. The van der Waals surface area contributed by atoms with Crippen LogP contribution in [0.2, 0.25) is 0 Å². The molecule has 1 saturated heterocycles. The van der Waals surface area contributed by atoms with Gasteiger partial charge in [0.15, 0.2) is 15.8 Å². The molecule has 0 radical (unpaired) electrons. The van der Waals surface area contributed by atoms with Gasteiger partial charge in [0.25, 0.3) is 0 Å². The minimum absolute atomic E-state index is 0.357. The van der Waals surface area contributed by atoms with Gasteiger partial charge >= 0.3 is 0 Å². The Balaban J connectivity index is 1.39. The van der Waals surface area contributed by atoms with Gasteiger partial charge < -0.3 is 10.6 Å². The summed E-state index contributed by atoms with van der Waals surface area (Å²) < 4.78 is 23.1. The quantitative estimate of drug-likeness (QED) is 0.524. The van der Waals surface area contributed by atoms with Crippen LogP contribution in [0, 0.1) is 0 Å². The van der Waals surface area contributed by atoms with E-state index in [2.05, 4.69) is 50.9 Å². The van der Waals surface area contributed by atoms with Crippen molar-refractivity contribution < 1.29 is 8.42 Å². The molecule has 0 unspecified atom stereocenters. The Morgan fingerprint density at radius 2 is 1.70 bits per heavy atom. The molecule has 0 spiro atoms. The Labute approximate surface area is 180 Å². The van der Waals surface area contributed by atoms with Gasteiger partial charge in [-0.2, -0.15) is 0 Å². The summed E-state index contributed by atoms with van der Waals surface area (Å²) in [6.45, 7) is 3.91. The number of benzene rings is 2. The largest absolute Gasteiger partial charge is 0.356 e. The normalized spacial score (nSPS) is 16.4. The van der Waals surface area contributed by atoms with E-state index >= 15 is 0 Å². The third-order valence-electron chi connectivity index (χ3n) is 5.46. The standard InChI is InChI=1S/C23H32N4O2S/c1-24-23(25-15-12-19-8-10-22(11-9-19)30(2,28)29)26-21-13-16-27(17-14-21)18-20-6-4-3-5-7-20/h3-11,21H,12-18H2,1-2H3,(H2,24,25,26). The van der Waals surface area contributed by atoms with Crippen molar-refractivity contribution in [1.82, 2.24) is 15.5 Å². The summed E-state index contributed by atoms with van der Waals surface area (Å²) in [6, 6.07) is 18.1. The van der Waals surface area contributed by atoms with Gasteiger partial charge in [0.2, 0.25) is 0 Å². The summed E-state index contributed by atoms with van der Waals surface area (Å²) in [6.07, 6.45) is 4.23. The zero-order chi connectivity index (χ0) is 21.4. The highest BCUT2D eigenvalue weighted by Crippen LogP contribution is 2.14. The molecule has 1 aliphatic heterocycles. The number of sulfone groups is 1. The zero-order valence-electron chi connectivity index (χ0n) is 17.8. The summed E-state index contributed by atoms with van der Waals surface area (Å²) >= 11 is 0. The van der Waals surface area contributed by atoms with Crippen LogP contribution >= 0.6 is 0 Å². The Bertz CT molecular complexity index is 919. The number of aliphatic imine (C=N–C) groups is 1. The third kappa shape index (κ3) is 6.85. The SMILES string of the molecule is CN=C(NCCc1ccc(S(C)(=O)=O)cc1)NC1CCN(Cc2ccccc2)CC1. The van der Waals surface area contributed by atoms with Gasteiger partial charge in [0, 0.05) is 45.5 Å². The van der Waals surface area contributed by atoms with Crippen molar-refractivity contribution in [3.8, 4) is 0 Å². The molecule has 2 N–H and O–H groups in total. The van der Waals surface area contributed by atoms with Crippen LogP contribution in [0.3, 0.4) is 0 Å². The fourth-order valence-electron chi connectivity index (χ4n) is 3.69. The molecule has 1 fully saturated rings. The Kier molecular flexibility index (Phi) is 7.87. The van der Waals surface area contributed by atoms with E-state index in [1.807, 2.05) is 12.1 Å². The molecular weight excluding hydrogens is 396 g/mol. The van der Waals surface area contributed by atoms with Gasteiger partial charge in [-0.15, -0.1) is 0 Å². The average molecular weight is 429 g/mol. The molecule has 0 bridgehead atoms. The number of nitrogens with one attached hydrogen (secondary N) is 2. The Morgan fingerprint density at radius 3 is 2.30 bits per heavy atom. The summed E-state index contributed by atoms with van der Waals surface area (Å²) in [5.41, 5.74) is 2.46. The van der Waals surface area contributed by atoms with Gasteiger partial charge in [0.1, 0.15) is 0 Å². The third-order valence-corrected chi connectivity index (χ3v) is 6.59. The van der Waals surface area contributed by atoms with Crippen molar-refractivity contribution in [3.05, 3.63) is 65.7 Å². The lowest BCUT2D eigenvalue weighted by molar-refractivity contribution is 0.198. The second-order valence-corrected chi connectivity index (χ2v) is 9.86. The molecule has 3 rings (SSSR count). The lowest BCUT2D eigenvalue weighted by Gasteiger charge is -2.33. The lowest BCUT2D eigenvalue weighted by Crippen LogP contribution is -2.48.